The molecular weight excluding hydrogens is 224 g/mol. The van der Waals surface area contributed by atoms with Gasteiger partial charge in [-0.1, -0.05) is 36.8 Å². The van der Waals surface area contributed by atoms with E-state index in [4.69, 9.17) is 0 Å². The first-order valence-corrected chi connectivity index (χ1v) is 6.62. The van der Waals surface area contributed by atoms with Crippen molar-refractivity contribution in [2.45, 2.75) is 32.1 Å². The molecule has 1 aliphatic carbocycles. The molecule has 1 unspecified atom stereocenters. The third-order valence-electron chi connectivity index (χ3n) is 4.14. The molecule has 0 radical (unpaired) electrons. The van der Waals surface area contributed by atoms with Gasteiger partial charge in [0.05, 0.1) is 11.1 Å². The molecule has 3 nitrogen and oxygen atoms in total. The Bertz CT molecular complexity index is 494. The van der Waals surface area contributed by atoms with E-state index in [-0.39, 0.29) is 11.3 Å². The average Bonchev–Trinajstić information content (AvgIpc) is 2.64. The lowest BCUT2D eigenvalue weighted by Crippen LogP contribution is -2.42. The fraction of sp³-hybridized carbons (Fsp3) is 0.467. The van der Waals surface area contributed by atoms with E-state index in [2.05, 4.69) is 17.2 Å². The lowest BCUT2D eigenvalue weighted by Gasteiger charge is -2.32. The van der Waals surface area contributed by atoms with Gasteiger partial charge in [0.1, 0.15) is 0 Å². The van der Waals surface area contributed by atoms with E-state index in [1.807, 2.05) is 18.2 Å². The third-order valence-corrected chi connectivity index (χ3v) is 4.14. The van der Waals surface area contributed by atoms with Gasteiger partial charge in [-0.3, -0.25) is 4.79 Å². The van der Waals surface area contributed by atoms with Crippen LogP contribution in [-0.4, -0.2) is 23.7 Å². The Morgan fingerprint density at radius 2 is 2.06 bits per heavy atom. The van der Waals surface area contributed by atoms with E-state index in [1.54, 1.807) is 12.1 Å². The van der Waals surface area contributed by atoms with Crippen molar-refractivity contribution in [2.75, 3.05) is 7.05 Å². The molecule has 1 amide bonds. The van der Waals surface area contributed by atoms with Gasteiger partial charge >= 0.3 is 0 Å². The molecule has 18 heavy (non-hydrogen) atoms. The van der Waals surface area contributed by atoms with Crippen molar-refractivity contribution in [1.29, 1.82) is 0 Å². The molecule has 0 saturated heterocycles. The highest BCUT2D eigenvalue weighted by atomic mass is 16.2. The van der Waals surface area contributed by atoms with E-state index in [9.17, 15) is 4.79 Å². The summed E-state index contributed by atoms with van der Waals surface area (Å²) in [6, 6.07) is 10.3. The Labute approximate surface area is 107 Å². The highest BCUT2D eigenvalue weighted by Crippen LogP contribution is 2.42. The fourth-order valence-corrected chi connectivity index (χ4v) is 3.23. The number of fused-ring (bicyclic) bond motifs is 1. The molecule has 0 N–H and O–H groups in total. The zero-order chi connectivity index (χ0) is 12.6. The Kier molecular flexibility index (Phi) is 2.69. The normalized spacial score (nSPS) is 27.1. The van der Waals surface area contributed by atoms with Crippen LogP contribution in [0.5, 0.6) is 0 Å². The molecule has 0 aromatic heterocycles. The van der Waals surface area contributed by atoms with Crippen LogP contribution in [0.3, 0.4) is 0 Å². The van der Waals surface area contributed by atoms with Crippen molar-refractivity contribution >= 4 is 11.6 Å². The van der Waals surface area contributed by atoms with Crippen molar-refractivity contribution in [2.24, 2.45) is 10.5 Å². The lowest BCUT2D eigenvalue weighted by molar-refractivity contribution is -0.135. The smallest absolute Gasteiger partial charge is 0.254 e. The molecule has 1 aromatic carbocycles. The van der Waals surface area contributed by atoms with Crippen LogP contribution in [0.4, 0.5) is 0 Å². The standard InChI is InChI=1S/C15H18N2O/c1-17-14(18)15(10-6-5-9-13(15)16-17)11-12-7-3-2-4-8-12/h2-4,7-8H,5-6,9-11H2,1H3. The fourth-order valence-electron chi connectivity index (χ4n) is 3.23. The minimum atomic E-state index is -0.339. The second kappa shape index (κ2) is 4.23. The number of amides is 1. The van der Waals surface area contributed by atoms with Gasteiger partial charge in [-0.25, -0.2) is 5.01 Å². The first kappa shape index (κ1) is 11.5. The first-order valence-electron chi connectivity index (χ1n) is 6.62. The van der Waals surface area contributed by atoms with Crippen LogP contribution in [0, 0.1) is 5.41 Å². The summed E-state index contributed by atoms with van der Waals surface area (Å²) in [5.41, 5.74) is 2.00. The zero-order valence-corrected chi connectivity index (χ0v) is 10.7. The van der Waals surface area contributed by atoms with E-state index < -0.39 is 0 Å². The van der Waals surface area contributed by atoms with Crippen molar-refractivity contribution in [3.05, 3.63) is 35.9 Å². The number of benzene rings is 1. The minimum Gasteiger partial charge on any atom is -0.272 e. The van der Waals surface area contributed by atoms with E-state index >= 15 is 0 Å². The van der Waals surface area contributed by atoms with Crippen LogP contribution in [0.15, 0.2) is 35.4 Å². The van der Waals surface area contributed by atoms with Crippen molar-refractivity contribution in [3.63, 3.8) is 0 Å². The van der Waals surface area contributed by atoms with Crippen LogP contribution < -0.4 is 0 Å². The Hall–Kier alpha value is -1.64. The summed E-state index contributed by atoms with van der Waals surface area (Å²) in [5.74, 6) is 0.182. The molecule has 1 aromatic rings. The Balaban J connectivity index is 1.96. The maximum Gasteiger partial charge on any atom is 0.254 e. The Morgan fingerprint density at radius 1 is 1.28 bits per heavy atom. The van der Waals surface area contributed by atoms with Crippen LogP contribution in [0.1, 0.15) is 31.2 Å². The maximum absolute atomic E-state index is 12.5. The average molecular weight is 242 g/mol. The highest BCUT2D eigenvalue weighted by Gasteiger charge is 2.50. The predicted octanol–water partition coefficient (Wildman–Crippen LogP) is 2.62. The molecule has 1 atom stereocenters. The monoisotopic (exact) mass is 242 g/mol. The van der Waals surface area contributed by atoms with Gasteiger partial charge in [-0.15, -0.1) is 0 Å². The predicted molar refractivity (Wildman–Crippen MR) is 71.3 cm³/mol. The molecule has 1 saturated carbocycles. The minimum absolute atomic E-state index is 0.182. The van der Waals surface area contributed by atoms with Gasteiger partial charge in [0, 0.05) is 7.05 Å². The van der Waals surface area contributed by atoms with Crippen LogP contribution in [0.25, 0.3) is 0 Å². The lowest BCUT2D eigenvalue weighted by atomic mass is 9.69. The van der Waals surface area contributed by atoms with E-state index in [1.165, 1.54) is 5.56 Å². The maximum atomic E-state index is 12.5. The van der Waals surface area contributed by atoms with Crippen LogP contribution in [-0.2, 0) is 11.2 Å². The molecule has 1 fully saturated rings. The molecule has 0 bridgehead atoms. The van der Waals surface area contributed by atoms with E-state index in [0.717, 1.165) is 37.8 Å². The van der Waals surface area contributed by atoms with Gasteiger partial charge in [0.15, 0.2) is 0 Å². The highest BCUT2D eigenvalue weighted by molar-refractivity contribution is 6.12. The summed E-state index contributed by atoms with van der Waals surface area (Å²) in [7, 11) is 1.78. The van der Waals surface area contributed by atoms with E-state index in [0.29, 0.717) is 0 Å². The first-order chi connectivity index (χ1) is 8.72. The molecule has 94 valence electrons. The van der Waals surface area contributed by atoms with Gasteiger partial charge < -0.3 is 0 Å². The summed E-state index contributed by atoms with van der Waals surface area (Å²) in [6.07, 6.45) is 5.02. The molecule has 1 aliphatic heterocycles. The van der Waals surface area contributed by atoms with Crippen molar-refractivity contribution in [3.8, 4) is 0 Å². The molecule has 3 heteroatoms. The van der Waals surface area contributed by atoms with Gasteiger partial charge in [-0.05, 0) is 31.2 Å². The summed E-state index contributed by atoms with van der Waals surface area (Å²) in [6.45, 7) is 0. The largest absolute Gasteiger partial charge is 0.272 e. The summed E-state index contributed by atoms with van der Waals surface area (Å²) in [4.78, 5) is 12.5. The second-order valence-electron chi connectivity index (χ2n) is 5.33. The summed E-state index contributed by atoms with van der Waals surface area (Å²) in [5, 5.41) is 6.01. The number of carbonyl (C=O) groups excluding carboxylic acids is 1. The van der Waals surface area contributed by atoms with Gasteiger partial charge in [-0.2, -0.15) is 5.10 Å². The number of carbonyl (C=O) groups is 1. The van der Waals surface area contributed by atoms with Gasteiger partial charge in [0.2, 0.25) is 0 Å². The quantitative estimate of drug-likeness (QED) is 0.784. The van der Waals surface area contributed by atoms with Crippen molar-refractivity contribution < 1.29 is 4.79 Å². The Morgan fingerprint density at radius 3 is 2.83 bits per heavy atom. The topological polar surface area (TPSA) is 32.7 Å². The molecule has 3 rings (SSSR count). The number of nitrogens with zero attached hydrogens (tertiary/aromatic N) is 2. The second-order valence-corrected chi connectivity index (χ2v) is 5.33. The third kappa shape index (κ3) is 1.65. The van der Waals surface area contributed by atoms with Crippen LogP contribution in [0.2, 0.25) is 0 Å². The summed E-state index contributed by atoms with van der Waals surface area (Å²) < 4.78 is 0. The molecule has 2 aliphatic rings. The van der Waals surface area contributed by atoms with Crippen molar-refractivity contribution in [1.82, 2.24) is 5.01 Å². The number of hydrogen-bond donors (Lipinski definition) is 0. The number of hydrogen-bond acceptors (Lipinski definition) is 2. The molecule has 0 spiro atoms. The molecular formula is C15H18N2O. The van der Waals surface area contributed by atoms with Crippen LogP contribution >= 0.6 is 0 Å². The van der Waals surface area contributed by atoms with Gasteiger partial charge in [0.25, 0.3) is 5.91 Å². The molecule has 1 heterocycles. The number of rotatable bonds is 2. The SMILES string of the molecule is CN1N=C2CCCCC2(Cc2ccccc2)C1=O. The zero-order valence-electron chi connectivity index (χ0n) is 10.7. The summed E-state index contributed by atoms with van der Waals surface area (Å²) >= 11 is 0. The number of hydrazone groups is 1.